The van der Waals surface area contributed by atoms with Crippen molar-refractivity contribution < 1.29 is 13.9 Å². The average Bonchev–Trinajstić information content (AvgIpc) is 2.87. The number of halogens is 1. The van der Waals surface area contributed by atoms with E-state index in [2.05, 4.69) is 0 Å². The van der Waals surface area contributed by atoms with E-state index < -0.39 is 0 Å². The third-order valence-electron chi connectivity index (χ3n) is 3.29. The van der Waals surface area contributed by atoms with E-state index in [0.717, 1.165) is 5.69 Å². The number of carbonyl (C=O) groups excluding carboxylic acids is 1. The van der Waals surface area contributed by atoms with Crippen LogP contribution >= 0.6 is 12.2 Å². The van der Waals surface area contributed by atoms with Crippen LogP contribution < -0.4 is 10.6 Å². The van der Waals surface area contributed by atoms with Crippen LogP contribution in [0.5, 0.6) is 0 Å². The highest BCUT2D eigenvalue weighted by Gasteiger charge is 2.30. The summed E-state index contributed by atoms with van der Waals surface area (Å²) in [5, 5.41) is 0. The van der Waals surface area contributed by atoms with Gasteiger partial charge in [0.1, 0.15) is 10.8 Å². The van der Waals surface area contributed by atoms with Crippen LogP contribution in [0.25, 0.3) is 0 Å². The third kappa shape index (κ3) is 2.84. The van der Waals surface area contributed by atoms with Gasteiger partial charge in [0, 0.05) is 24.3 Å². The maximum atomic E-state index is 13.2. The van der Waals surface area contributed by atoms with Crippen molar-refractivity contribution in [3.8, 4) is 0 Å². The van der Waals surface area contributed by atoms with E-state index in [1.165, 1.54) is 19.2 Å². The molecule has 1 aromatic rings. The zero-order chi connectivity index (χ0) is 14.0. The van der Waals surface area contributed by atoms with Gasteiger partial charge < -0.3 is 15.4 Å². The Morgan fingerprint density at radius 1 is 1.58 bits per heavy atom. The number of anilines is 1. The molecule has 0 spiro atoms. The van der Waals surface area contributed by atoms with Crippen molar-refractivity contribution in [1.29, 1.82) is 0 Å². The minimum atomic E-state index is -0.379. The first-order valence-electron chi connectivity index (χ1n) is 5.95. The van der Waals surface area contributed by atoms with Crippen molar-refractivity contribution in [3.05, 3.63) is 29.6 Å². The molecule has 1 aliphatic rings. The molecule has 6 heteroatoms. The monoisotopic (exact) mass is 282 g/mol. The first-order valence-corrected chi connectivity index (χ1v) is 6.36. The number of rotatable bonds is 3. The van der Waals surface area contributed by atoms with Crippen LogP contribution in [-0.2, 0) is 9.53 Å². The topological polar surface area (TPSA) is 55.6 Å². The van der Waals surface area contributed by atoms with E-state index in [4.69, 9.17) is 22.7 Å². The second-order valence-corrected chi connectivity index (χ2v) is 4.92. The smallest absolute Gasteiger partial charge is 0.310 e. The van der Waals surface area contributed by atoms with Gasteiger partial charge in [-0.2, -0.15) is 0 Å². The molecule has 102 valence electrons. The molecule has 2 rings (SSSR count). The lowest BCUT2D eigenvalue weighted by atomic mass is 10.1. The molecular weight excluding hydrogens is 267 g/mol. The summed E-state index contributed by atoms with van der Waals surface area (Å²) in [6, 6.07) is 4.33. The molecule has 0 saturated carbocycles. The van der Waals surface area contributed by atoms with Crippen LogP contribution in [0.1, 0.15) is 12.0 Å². The van der Waals surface area contributed by atoms with Gasteiger partial charge in [-0.25, -0.2) is 4.39 Å². The highest BCUT2D eigenvalue weighted by atomic mass is 32.1. The predicted molar refractivity (Wildman–Crippen MR) is 74.6 cm³/mol. The number of hydrogen-bond acceptors (Lipinski definition) is 4. The molecular formula is C13H15FN2O2S. The van der Waals surface area contributed by atoms with Crippen LogP contribution in [0.15, 0.2) is 18.2 Å². The van der Waals surface area contributed by atoms with Gasteiger partial charge in [0.15, 0.2) is 0 Å². The molecule has 1 unspecified atom stereocenters. The fraction of sp³-hybridized carbons (Fsp3) is 0.385. The maximum absolute atomic E-state index is 13.2. The molecule has 4 nitrogen and oxygen atoms in total. The first kappa shape index (κ1) is 13.7. The fourth-order valence-electron chi connectivity index (χ4n) is 2.32. The quantitative estimate of drug-likeness (QED) is 0.672. The summed E-state index contributed by atoms with van der Waals surface area (Å²) < 4.78 is 18.0. The Morgan fingerprint density at radius 3 is 2.95 bits per heavy atom. The number of methoxy groups -OCH3 is 1. The standard InChI is InChI=1S/C13H15FN2O2S/c1-18-13(17)8-4-5-16(7-8)11-3-2-9(14)6-10(11)12(15)19/h2-3,6,8H,4-5,7H2,1H3,(H2,15,19). The molecule has 1 saturated heterocycles. The third-order valence-corrected chi connectivity index (χ3v) is 3.51. The Kier molecular flexibility index (Phi) is 3.99. The van der Waals surface area contributed by atoms with Crippen LogP contribution in [0, 0.1) is 11.7 Å². The van der Waals surface area contributed by atoms with E-state index in [1.807, 2.05) is 4.90 Å². The second kappa shape index (κ2) is 5.52. The second-order valence-electron chi connectivity index (χ2n) is 4.48. The summed E-state index contributed by atoms with van der Waals surface area (Å²) in [5.74, 6) is -0.758. The Hall–Kier alpha value is -1.69. The SMILES string of the molecule is COC(=O)C1CCN(c2ccc(F)cc2C(N)=S)C1. The maximum Gasteiger partial charge on any atom is 0.310 e. The normalized spacial score (nSPS) is 18.4. The minimum Gasteiger partial charge on any atom is -0.469 e. The summed E-state index contributed by atoms with van der Waals surface area (Å²) in [6.45, 7) is 1.23. The van der Waals surface area contributed by atoms with Crippen molar-refractivity contribution in [2.24, 2.45) is 11.7 Å². The Balaban J connectivity index is 2.24. The van der Waals surface area contributed by atoms with Gasteiger partial charge in [0.25, 0.3) is 0 Å². The van der Waals surface area contributed by atoms with E-state index in [9.17, 15) is 9.18 Å². The number of benzene rings is 1. The van der Waals surface area contributed by atoms with Gasteiger partial charge in [-0.3, -0.25) is 4.79 Å². The van der Waals surface area contributed by atoms with E-state index >= 15 is 0 Å². The zero-order valence-electron chi connectivity index (χ0n) is 10.6. The van der Waals surface area contributed by atoms with Gasteiger partial charge in [0.2, 0.25) is 0 Å². The number of nitrogens with two attached hydrogens (primary N) is 1. The number of carbonyl (C=O) groups is 1. The van der Waals surface area contributed by atoms with E-state index in [1.54, 1.807) is 6.07 Å². The molecule has 0 amide bonds. The molecule has 1 heterocycles. The highest BCUT2D eigenvalue weighted by Crippen LogP contribution is 2.28. The summed E-state index contributed by atoms with van der Waals surface area (Å²) in [5.41, 5.74) is 6.88. The Labute approximate surface area is 116 Å². The van der Waals surface area contributed by atoms with Gasteiger partial charge in [0.05, 0.1) is 13.0 Å². The molecule has 1 fully saturated rings. The Morgan fingerprint density at radius 2 is 2.32 bits per heavy atom. The van der Waals surface area contributed by atoms with Crippen LogP contribution in [-0.4, -0.2) is 31.2 Å². The molecule has 1 aliphatic heterocycles. The number of thiocarbonyl (C=S) groups is 1. The summed E-state index contributed by atoms with van der Waals surface area (Å²) >= 11 is 4.94. The summed E-state index contributed by atoms with van der Waals surface area (Å²) in [4.78, 5) is 13.6. The minimum absolute atomic E-state index is 0.149. The van der Waals surface area contributed by atoms with Crippen molar-refractivity contribution >= 4 is 28.9 Å². The molecule has 0 radical (unpaired) electrons. The lowest BCUT2D eigenvalue weighted by Gasteiger charge is -2.21. The summed E-state index contributed by atoms with van der Waals surface area (Å²) in [6.07, 6.45) is 0.709. The van der Waals surface area contributed by atoms with Crippen LogP contribution in [0.4, 0.5) is 10.1 Å². The van der Waals surface area contributed by atoms with Gasteiger partial charge in [-0.05, 0) is 24.6 Å². The lowest BCUT2D eigenvalue weighted by Crippen LogP contribution is -2.26. The largest absolute Gasteiger partial charge is 0.469 e. The molecule has 0 aliphatic carbocycles. The first-order chi connectivity index (χ1) is 9.02. The lowest BCUT2D eigenvalue weighted by molar-refractivity contribution is -0.144. The van der Waals surface area contributed by atoms with Gasteiger partial charge in [-0.15, -0.1) is 0 Å². The zero-order valence-corrected chi connectivity index (χ0v) is 11.4. The fourth-order valence-corrected chi connectivity index (χ4v) is 2.48. The molecule has 0 bridgehead atoms. The van der Waals surface area contributed by atoms with Gasteiger partial charge >= 0.3 is 5.97 Å². The molecule has 19 heavy (non-hydrogen) atoms. The number of nitrogens with zero attached hydrogens (tertiary/aromatic N) is 1. The van der Waals surface area contributed by atoms with Crippen molar-refractivity contribution in [3.63, 3.8) is 0 Å². The number of hydrogen-bond donors (Lipinski definition) is 1. The molecule has 1 aromatic carbocycles. The van der Waals surface area contributed by atoms with Crippen molar-refractivity contribution in [2.45, 2.75) is 6.42 Å². The van der Waals surface area contributed by atoms with Crippen molar-refractivity contribution in [1.82, 2.24) is 0 Å². The highest BCUT2D eigenvalue weighted by molar-refractivity contribution is 7.80. The van der Waals surface area contributed by atoms with Crippen LogP contribution in [0.2, 0.25) is 0 Å². The van der Waals surface area contributed by atoms with E-state index in [-0.39, 0.29) is 22.7 Å². The molecule has 0 aromatic heterocycles. The molecule has 2 N–H and O–H groups in total. The van der Waals surface area contributed by atoms with Gasteiger partial charge in [-0.1, -0.05) is 12.2 Å². The summed E-state index contributed by atoms with van der Waals surface area (Å²) in [7, 11) is 1.38. The Bertz CT molecular complexity index is 521. The average molecular weight is 282 g/mol. The van der Waals surface area contributed by atoms with Crippen LogP contribution in [0.3, 0.4) is 0 Å². The number of esters is 1. The predicted octanol–water partition coefficient (Wildman–Crippen LogP) is 1.46. The van der Waals surface area contributed by atoms with E-state index in [0.29, 0.717) is 25.1 Å². The number of ether oxygens (including phenoxy) is 1. The molecule has 1 atom stereocenters. The van der Waals surface area contributed by atoms with Crippen molar-refractivity contribution in [2.75, 3.05) is 25.1 Å².